The number of aromatic nitrogens is 2. The van der Waals surface area contributed by atoms with Crippen molar-refractivity contribution in [3.63, 3.8) is 0 Å². The molecule has 0 aliphatic heterocycles. The molecule has 0 radical (unpaired) electrons. The molecule has 2 atom stereocenters. The summed E-state index contributed by atoms with van der Waals surface area (Å²) in [7, 11) is 0. The first-order chi connectivity index (χ1) is 13.1. The van der Waals surface area contributed by atoms with Gasteiger partial charge in [0.05, 0.1) is 6.54 Å². The van der Waals surface area contributed by atoms with Crippen molar-refractivity contribution in [1.82, 2.24) is 9.55 Å². The molecule has 0 spiro atoms. The van der Waals surface area contributed by atoms with Crippen LogP contribution in [0.3, 0.4) is 0 Å². The van der Waals surface area contributed by atoms with E-state index in [1.54, 1.807) is 12.3 Å². The molecule has 3 aromatic rings. The first kappa shape index (κ1) is 17.5. The number of carbonyl (C=O) groups is 1. The Hall–Kier alpha value is -2.92. The lowest BCUT2D eigenvalue weighted by Crippen LogP contribution is -2.22. The summed E-state index contributed by atoms with van der Waals surface area (Å²) in [6.07, 6.45) is 4.00. The molecule has 1 aliphatic rings. The molecule has 0 bridgehead atoms. The van der Waals surface area contributed by atoms with Gasteiger partial charge in [-0.25, -0.2) is 9.78 Å². The third-order valence-corrected chi connectivity index (χ3v) is 4.97. The topological polar surface area (TPSA) is 64.0 Å². The van der Waals surface area contributed by atoms with Crippen molar-refractivity contribution in [3.05, 3.63) is 93.6 Å². The second kappa shape index (κ2) is 7.37. The molecule has 1 fully saturated rings. The second-order valence-electron chi connectivity index (χ2n) is 6.72. The van der Waals surface area contributed by atoms with Crippen LogP contribution in [0.5, 0.6) is 0 Å². The van der Waals surface area contributed by atoms with Crippen LogP contribution in [0.1, 0.15) is 23.5 Å². The fourth-order valence-corrected chi connectivity index (χ4v) is 3.48. The quantitative estimate of drug-likeness (QED) is 0.735. The van der Waals surface area contributed by atoms with Crippen molar-refractivity contribution in [2.75, 3.05) is 5.32 Å². The number of carbonyl (C=O) groups excluding carboxylic acids is 1. The van der Waals surface area contributed by atoms with Crippen LogP contribution in [0.2, 0.25) is 5.02 Å². The molecule has 1 aromatic heterocycles. The second-order valence-corrected chi connectivity index (χ2v) is 7.16. The highest BCUT2D eigenvalue weighted by atomic mass is 35.5. The highest BCUT2D eigenvalue weighted by Crippen LogP contribution is 2.48. The molecule has 1 saturated carbocycles. The Bertz CT molecular complexity index is 1050. The van der Waals surface area contributed by atoms with E-state index in [1.165, 1.54) is 10.8 Å². The summed E-state index contributed by atoms with van der Waals surface area (Å²) in [5.74, 6) is 0.199. The van der Waals surface area contributed by atoms with Crippen molar-refractivity contribution in [1.29, 1.82) is 0 Å². The van der Waals surface area contributed by atoms with Gasteiger partial charge in [-0.2, -0.15) is 0 Å². The van der Waals surface area contributed by atoms with Gasteiger partial charge in [0.2, 0.25) is 5.91 Å². The number of nitrogens with zero attached hydrogens (tertiary/aromatic N) is 2. The molecule has 0 saturated heterocycles. The molecule has 1 aliphatic carbocycles. The van der Waals surface area contributed by atoms with Gasteiger partial charge >= 0.3 is 5.69 Å². The number of benzene rings is 2. The highest BCUT2D eigenvalue weighted by molar-refractivity contribution is 6.30. The highest BCUT2D eigenvalue weighted by Gasteiger charge is 2.43. The average molecular weight is 380 g/mol. The Balaban J connectivity index is 1.42. The summed E-state index contributed by atoms with van der Waals surface area (Å²) in [5.41, 5.74) is 2.46. The van der Waals surface area contributed by atoms with Crippen LogP contribution in [-0.2, 0) is 11.3 Å². The Morgan fingerprint density at radius 1 is 1.19 bits per heavy atom. The number of hydrogen-bond acceptors (Lipinski definition) is 3. The maximum Gasteiger partial charge on any atom is 0.347 e. The fraction of sp³-hybridized carbons (Fsp3) is 0.190. The fourth-order valence-electron chi connectivity index (χ4n) is 3.28. The van der Waals surface area contributed by atoms with Gasteiger partial charge in [0.1, 0.15) is 0 Å². The molecule has 6 heteroatoms. The molecule has 1 amide bonds. The van der Waals surface area contributed by atoms with Crippen molar-refractivity contribution in [2.45, 2.75) is 18.9 Å². The summed E-state index contributed by atoms with van der Waals surface area (Å²) < 4.78 is 1.52. The molecule has 1 N–H and O–H groups in total. The van der Waals surface area contributed by atoms with E-state index in [2.05, 4.69) is 10.3 Å². The number of rotatable bonds is 5. The Morgan fingerprint density at radius 2 is 2.04 bits per heavy atom. The lowest BCUT2D eigenvalue weighted by atomic mass is 10.1. The summed E-state index contributed by atoms with van der Waals surface area (Å²) in [4.78, 5) is 28.1. The van der Waals surface area contributed by atoms with Crippen LogP contribution in [0.25, 0.3) is 0 Å². The van der Waals surface area contributed by atoms with Crippen LogP contribution in [-0.4, -0.2) is 15.5 Å². The molecular weight excluding hydrogens is 362 g/mol. The van der Waals surface area contributed by atoms with E-state index in [4.69, 9.17) is 11.6 Å². The van der Waals surface area contributed by atoms with Crippen LogP contribution in [0.15, 0.2) is 71.8 Å². The lowest BCUT2D eigenvalue weighted by Gasteiger charge is -2.09. The van der Waals surface area contributed by atoms with E-state index >= 15 is 0 Å². The minimum absolute atomic E-state index is 0.00988. The minimum atomic E-state index is -0.297. The van der Waals surface area contributed by atoms with E-state index in [0.717, 1.165) is 23.2 Å². The molecule has 0 unspecified atom stereocenters. The largest absolute Gasteiger partial charge is 0.347 e. The Morgan fingerprint density at radius 3 is 2.85 bits per heavy atom. The van der Waals surface area contributed by atoms with Crippen LogP contribution in [0, 0.1) is 5.92 Å². The van der Waals surface area contributed by atoms with Gasteiger partial charge in [-0.3, -0.25) is 9.36 Å². The number of halogens is 1. The molecule has 5 nitrogen and oxygen atoms in total. The standard InChI is InChI=1S/C21H18ClN3O2/c22-16-6-2-5-15(11-16)18-12-19(18)20(26)24-17-7-1-4-14(10-17)13-25-9-3-8-23-21(25)27/h1-11,18-19H,12-13H2,(H,24,26)/t18-,19+/m0/s1. The van der Waals surface area contributed by atoms with Gasteiger partial charge in [0, 0.05) is 29.0 Å². The minimum Gasteiger partial charge on any atom is -0.326 e. The van der Waals surface area contributed by atoms with Gasteiger partial charge in [-0.15, -0.1) is 0 Å². The molecule has 4 rings (SSSR count). The van der Waals surface area contributed by atoms with E-state index in [-0.39, 0.29) is 23.4 Å². The van der Waals surface area contributed by atoms with E-state index in [0.29, 0.717) is 11.6 Å². The number of nitrogens with one attached hydrogen (secondary N) is 1. The maximum atomic E-state index is 12.6. The SMILES string of the molecule is O=C(Nc1cccc(Cn2cccnc2=O)c1)[C@@H]1C[C@H]1c1cccc(Cl)c1. The predicted molar refractivity (Wildman–Crippen MR) is 105 cm³/mol. The molecule has 136 valence electrons. The monoisotopic (exact) mass is 379 g/mol. The summed E-state index contributed by atoms with van der Waals surface area (Å²) >= 11 is 6.04. The van der Waals surface area contributed by atoms with Gasteiger partial charge < -0.3 is 5.32 Å². The van der Waals surface area contributed by atoms with Crippen molar-refractivity contribution >= 4 is 23.2 Å². The van der Waals surface area contributed by atoms with Gasteiger partial charge in [-0.1, -0.05) is 35.9 Å². The smallest absolute Gasteiger partial charge is 0.326 e. The van der Waals surface area contributed by atoms with Crippen LogP contribution >= 0.6 is 11.6 Å². The third-order valence-electron chi connectivity index (χ3n) is 4.73. The van der Waals surface area contributed by atoms with Gasteiger partial charge in [-0.05, 0) is 53.8 Å². The Labute approximate surface area is 161 Å². The molecule has 27 heavy (non-hydrogen) atoms. The zero-order chi connectivity index (χ0) is 18.8. The third kappa shape index (κ3) is 4.09. The first-order valence-electron chi connectivity index (χ1n) is 8.77. The van der Waals surface area contributed by atoms with Crippen LogP contribution in [0.4, 0.5) is 5.69 Å². The summed E-state index contributed by atoms with van der Waals surface area (Å²) in [5, 5.41) is 3.68. The number of amides is 1. The molecular formula is C21H18ClN3O2. The normalized spacial score (nSPS) is 18.1. The zero-order valence-electron chi connectivity index (χ0n) is 14.5. The molecule has 1 heterocycles. The van der Waals surface area contributed by atoms with Crippen molar-refractivity contribution in [3.8, 4) is 0 Å². The Kier molecular flexibility index (Phi) is 4.77. The van der Waals surface area contributed by atoms with E-state index in [9.17, 15) is 9.59 Å². The van der Waals surface area contributed by atoms with Gasteiger partial charge in [0.15, 0.2) is 0 Å². The first-order valence-corrected chi connectivity index (χ1v) is 9.15. The van der Waals surface area contributed by atoms with E-state index in [1.807, 2.05) is 48.5 Å². The van der Waals surface area contributed by atoms with Crippen molar-refractivity contribution < 1.29 is 4.79 Å². The van der Waals surface area contributed by atoms with Crippen LogP contribution < -0.4 is 11.0 Å². The predicted octanol–water partition coefficient (Wildman–Crippen LogP) is 3.69. The van der Waals surface area contributed by atoms with Crippen molar-refractivity contribution in [2.24, 2.45) is 5.92 Å². The summed E-state index contributed by atoms with van der Waals surface area (Å²) in [6, 6.07) is 16.9. The summed E-state index contributed by atoms with van der Waals surface area (Å²) in [6.45, 7) is 0.408. The zero-order valence-corrected chi connectivity index (χ0v) is 15.3. The number of anilines is 1. The average Bonchev–Trinajstić information content (AvgIpc) is 3.45. The van der Waals surface area contributed by atoms with Gasteiger partial charge in [0.25, 0.3) is 0 Å². The van der Waals surface area contributed by atoms with E-state index < -0.39 is 0 Å². The lowest BCUT2D eigenvalue weighted by molar-refractivity contribution is -0.117. The number of hydrogen-bond donors (Lipinski definition) is 1. The maximum absolute atomic E-state index is 12.6. The molecule has 2 aromatic carbocycles.